The summed E-state index contributed by atoms with van der Waals surface area (Å²) in [5.41, 5.74) is 0. The van der Waals surface area contributed by atoms with Gasteiger partial charge in [-0.25, -0.2) is 0 Å². The lowest BCUT2D eigenvalue weighted by atomic mass is 10.0. The Labute approximate surface area is 399 Å². The zero-order chi connectivity index (χ0) is 46.5. The van der Waals surface area contributed by atoms with Crippen LogP contribution in [0.5, 0.6) is 0 Å². The maximum absolute atomic E-state index is 12.8. The molecule has 0 aromatic heterocycles. The predicted octanol–water partition coefficient (Wildman–Crippen LogP) is 18.9. The van der Waals surface area contributed by atoms with Crippen LogP contribution in [0.1, 0.15) is 323 Å². The topological polar surface area (TPSA) is 78.9 Å². The zero-order valence-electron chi connectivity index (χ0n) is 43.3. The molecule has 6 nitrogen and oxygen atoms in total. The minimum atomic E-state index is -0.767. The molecule has 0 aromatic rings. The Balaban J connectivity index is 4.29. The first-order chi connectivity index (χ1) is 31.5. The molecule has 0 aliphatic carbocycles. The number of esters is 3. The van der Waals surface area contributed by atoms with Gasteiger partial charge >= 0.3 is 17.9 Å². The Morgan fingerprint density at radius 2 is 0.516 bits per heavy atom. The number of carbonyl (C=O) groups excluding carboxylic acids is 3. The third kappa shape index (κ3) is 51.1. The van der Waals surface area contributed by atoms with Crippen molar-refractivity contribution in [3.8, 4) is 0 Å². The van der Waals surface area contributed by atoms with Crippen molar-refractivity contribution >= 4 is 17.9 Å². The highest BCUT2D eigenvalue weighted by atomic mass is 16.6. The van der Waals surface area contributed by atoms with Crippen LogP contribution in [0.25, 0.3) is 0 Å². The molecule has 64 heavy (non-hydrogen) atoms. The van der Waals surface area contributed by atoms with E-state index in [0.29, 0.717) is 19.3 Å². The Bertz CT molecular complexity index is 993. The van der Waals surface area contributed by atoms with Crippen molar-refractivity contribution in [2.45, 2.75) is 329 Å². The monoisotopic (exact) mass is 903 g/mol. The molecule has 0 aromatic carbocycles. The first kappa shape index (κ1) is 62.1. The molecule has 0 saturated heterocycles. The number of allylic oxidation sites excluding steroid dienone is 2. The van der Waals surface area contributed by atoms with Crippen molar-refractivity contribution in [3.63, 3.8) is 0 Å². The normalized spacial score (nSPS) is 12.0. The van der Waals surface area contributed by atoms with E-state index in [1.54, 1.807) is 0 Å². The highest BCUT2D eigenvalue weighted by Gasteiger charge is 2.19. The number of hydrogen-bond acceptors (Lipinski definition) is 6. The molecular formula is C58H110O6. The van der Waals surface area contributed by atoms with Crippen LogP contribution in [0.4, 0.5) is 0 Å². The van der Waals surface area contributed by atoms with Crippen LogP contribution in [0, 0.1) is 0 Å². The van der Waals surface area contributed by atoms with Gasteiger partial charge in [0.2, 0.25) is 0 Å². The molecule has 0 saturated carbocycles. The maximum Gasteiger partial charge on any atom is 0.306 e. The average molecular weight is 904 g/mol. The molecular weight excluding hydrogens is 793 g/mol. The van der Waals surface area contributed by atoms with Crippen LogP contribution in [0.15, 0.2) is 12.2 Å². The van der Waals surface area contributed by atoms with Gasteiger partial charge in [0.1, 0.15) is 13.2 Å². The maximum atomic E-state index is 12.8. The third-order valence-electron chi connectivity index (χ3n) is 13.0. The molecule has 0 spiro atoms. The van der Waals surface area contributed by atoms with Crippen LogP contribution in [0.3, 0.4) is 0 Å². The van der Waals surface area contributed by atoms with Crippen LogP contribution >= 0.6 is 0 Å². The minimum Gasteiger partial charge on any atom is -0.462 e. The molecule has 0 amide bonds. The first-order valence-corrected chi connectivity index (χ1v) is 28.7. The summed E-state index contributed by atoms with van der Waals surface area (Å²) in [4.78, 5) is 38.1. The van der Waals surface area contributed by atoms with Crippen LogP contribution < -0.4 is 0 Å². The zero-order valence-corrected chi connectivity index (χ0v) is 43.3. The van der Waals surface area contributed by atoms with E-state index in [0.717, 1.165) is 64.2 Å². The Kier molecular flexibility index (Phi) is 52.2. The molecule has 0 unspecified atom stereocenters. The van der Waals surface area contributed by atoms with E-state index in [9.17, 15) is 14.4 Å². The Hall–Kier alpha value is -1.85. The molecule has 0 radical (unpaired) electrons. The predicted molar refractivity (Wildman–Crippen MR) is 275 cm³/mol. The molecule has 0 N–H and O–H groups in total. The summed E-state index contributed by atoms with van der Waals surface area (Å²) in [6, 6.07) is 0. The molecule has 0 heterocycles. The van der Waals surface area contributed by atoms with E-state index < -0.39 is 6.10 Å². The number of unbranched alkanes of at least 4 members (excludes halogenated alkanes) is 40. The summed E-state index contributed by atoms with van der Waals surface area (Å²) in [5, 5.41) is 0. The SMILES string of the molecule is CCCCCCCC/C=C\CCCCCCCC(=O)OC[C@H](COC(=O)CCCCCCCCCCCCCC)OC(=O)CCCCCCCCCCCCCCCCCCCCC. The summed E-state index contributed by atoms with van der Waals surface area (Å²) in [5.74, 6) is -0.853. The van der Waals surface area contributed by atoms with Crippen molar-refractivity contribution in [1.82, 2.24) is 0 Å². The van der Waals surface area contributed by atoms with E-state index in [1.165, 1.54) is 218 Å². The summed E-state index contributed by atoms with van der Waals surface area (Å²) in [7, 11) is 0. The van der Waals surface area contributed by atoms with E-state index in [2.05, 4.69) is 32.9 Å². The van der Waals surface area contributed by atoms with E-state index >= 15 is 0 Å². The highest BCUT2D eigenvalue weighted by Crippen LogP contribution is 2.17. The van der Waals surface area contributed by atoms with Crippen molar-refractivity contribution < 1.29 is 28.6 Å². The second-order valence-corrected chi connectivity index (χ2v) is 19.6. The summed E-state index contributed by atoms with van der Waals surface area (Å²) in [6.45, 7) is 6.68. The number of ether oxygens (including phenoxy) is 3. The number of carbonyl (C=O) groups is 3. The second-order valence-electron chi connectivity index (χ2n) is 19.6. The minimum absolute atomic E-state index is 0.0668. The van der Waals surface area contributed by atoms with Gasteiger partial charge in [0.25, 0.3) is 0 Å². The summed E-state index contributed by atoms with van der Waals surface area (Å²) >= 11 is 0. The quantitative estimate of drug-likeness (QED) is 0.0262. The highest BCUT2D eigenvalue weighted by molar-refractivity contribution is 5.71. The van der Waals surface area contributed by atoms with Crippen molar-refractivity contribution in [2.75, 3.05) is 13.2 Å². The molecule has 0 fully saturated rings. The Morgan fingerprint density at radius 3 is 0.781 bits per heavy atom. The summed E-state index contributed by atoms with van der Waals surface area (Å²) < 4.78 is 16.9. The van der Waals surface area contributed by atoms with Gasteiger partial charge in [0.05, 0.1) is 0 Å². The van der Waals surface area contributed by atoms with Gasteiger partial charge in [0, 0.05) is 19.3 Å². The molecule has 6 heteroatoms. The fraction of sp³-hybridized carbons (Fsp3) is 0.914. The van der Waals surface area contributed by atoms with E-state index in [4.69, 9.17) is 14.2 Å². The van der Waals surface area contributed by atoms with E-state index in [1.807, 2.05) is 0 Å². The van der Waals surface area contributed by atoms with Gasteiger partial charge in [-0.3, -0.25) is 14.4 Å². The van der Waals surface area contributed by atoms with Gasteiger partial charge in [0.15, 0.2) is 6.10 Å². The van der Waals surface area contributed by atoms with Gasteiger partial charge in [-0.1, -0.05) is 270 Å². The number of hydrogen-bond donors (Lipinski definition) is 0. The molecule has 0 bridgehead atoms. The third-order valence-corrected chi connectivity index (χ3v) is 13.0. The van der Waals surface area contributed by atoms with Crippen LogP contribution in [-0.4, -0.2) is 37.2 Å². The molecule has 0 rings (SSSR count). The first-order valence-electron chi connectivity index (χ1n) is 28.7. The van der Waals surface area contributed by atoms with Gasteiger partial charge < -0.3 is 14.2 Å². The smallest absolute Gasteiger partial charge is 0.306 e. The lowest BCUT2D eigenvalue weighted by Crippen LogP contribution is -2.30. The lowest BCUT2D eigenvalue weighted by Gasteiger charge is -2.18. The fourth-order valence-corrected chi connectivity index (χ4v) is 8.68. The largest absolute Gasteiger partial charge is 0.462 e. The molecule has 0 aliphatic heterocycles. The summed E-state index contributed by atoms with van der Waals surface area (Å²) in [6.07, 6.45) is 60.6. The molecule has 0 aliphatic rings. The van der Waals surface area contributed by atoms with Crippen LogP contribution in [0.2, 0.25) is 0 Å². The molecule has 378 valence electrons. The van der Waals surface area contributed by atoms with Gasteiger partial charge in [-0.15, -0.1) is 0 Å². The van der Waals surface area contributed by atoms with Crippen LogP contribution in [-0.2, 0) is 28.6 Å². The standard InChI is InChI=1S/C58H110O6/c1-4-7-10-13-16-19-22-25-27-28-29-30-32-34-37-40-43-46-49-52-58(61)64-55(53-62-56(59)50-47-44-41-38-35-24-21-18-15-12-9-6-3)54-63-57(60)51-48-45-42-39-36-33-31-26-23-20-17-14-11-8-5-2/h26,31,55H,4-25,27-30,32-54H2,1-3H3/b31-26-/t55-/m0/s1. The lowest BCUT2D eigenvalue weighted by molar-refractivity contribution is -0.167. The average Bonchev–Trinajstić information content (AvgIpc) is 3.29. The van der Waals surface area contributed by atoms with Crippen molar-refractivity contribution in [2.24, 2.45) is 0 Å². The van der Waals surface area contributed by atoms with E-state index in [-0.39, 0.29) is 31.1 Å². The van der Waals surface area contributed by atoms with Crippen molar-refractivity contribution in [1.29, 1.82) is 0 Å². The molecule has 1 atom stereocenters. The Morgan fingerprint density at radius 1 is 0.297 bits per heavy atom. The number of rotatable bonds is 53. The van der Waals surface area contributed by atoms with Crippen molar-refractivity contribution in [3.05, 3.63) is 12.2 Å². The van der Waals surface area contributed by atoms with Gasteiger partial charge in [-0.2, -0.15) is 0 Å². The second kappa shape index (κ2) is 53.8. The van der Waals surface area contributed by atoms with Gasteiger partial charge in [-0.05, 0) is 44.9 Å². The fourth-order valence-electron chi connectivity index (χ4n) is 8.68.